The van der Waals surface area contributed by atoms with E-state index in [2.05, 4.69) is 63.3 Å². The highest BCUT2D eigenvalue weighted by Crippen LogP contribution is 2.34. The molecule has 0 bridgehead atoms. The molecule has 0 fully saturated rings. The van der Waals surface area contributed by atoms with Gasteiger partial charge in [-0.2, -0.15) is 0 Å². The van der Waals surface area contributed by atoms with Crippen molar-refractivity contribution >= 4 is 44.9 Å². The maximum Gasteiger partial charge on any atom is 0.170 e. The van der Waals surface area contributed by atoms with E-state index >= 15 is 0 Å². The lowest BCUT2D eigenvalue weighted by molar-refractivity contribution is 0.0953. The minimum atomic E-state index is -0.225. The summed E-state index contributed by atoms with van der Waals surface area (Å²) in [7, 11) is 0. The molecule has 2 nitrogen and oxygen atoms in total. The molecule has 0 radical (unpaired) electrons. The molecular weight excluding hydrogens is 458 g/mol. The van der Waals surface area contributed by atoms with Crippen LogP contribution in [0.25, 0.3) is 6.08 Å². The first-order valence-corrected chi connectivity index (χ1v) is 11.4. The van der Waals surface area contributed by atoms with Crippen molar-refractivity contribution in [3.05, 3.63) is 131 Å². The van der Waals surface area contributed by atoms with Crippen LogP contribution >= 0.6 is 15.9 Å². The second-order valence-corrected chi connectivity index (χ2v) is 8.45. The topological polar surface area (TPSA) is 20.3 Å². The normalized spacial score (nSPS) is 11.9. The number of anilines is 3. The summed E-state index contributed by atoms with van der Waals surface area (Å²) in [5, 5.41) is 0. The first-order chi connectivity index (χ1) is 15.6. The predicted molar refractivity (Wildman–Crippen MR) is 138 cm³/mol. The van der Waals surface area contributed by atoms with Gasteiger partial charge < -0.3 is 4.90 Å². The molecule has 0 heterocycles. The number of halogens is 1. The van der Waals surface area contributed by atoms with Gasteiger partial charge in [0.15, 0.2) is 5.78 Å². The molecule has 1 atom stereocenters. The van der Waals surface area contributed by atoms with Crippen LogP contribution in [0.1, 0.15) is 22.8 Å². The maximum absolute atomic E-state index is 12.8. The molecule has 0 aliphatic heterocycles. The third-order valence-corrected chi connectivity index (χ3v) is 5.98. The Bertz CT molecular complexity index is 1180. The largest absolute Gasteiger partial charge is 0.310 e. The fourth-order valence-electron chi connectivity index (χ4n) is 3.62. The van der Waals surface area contributed by atoms with Crippen LogP contribution in [0.4, 0.5) is 17.1 Å². The fraction of sp³-hybridized carbons (Fsp3) is 0.0690. The Hall–Kier alpha value is -3.43. The van der Waals surface area contributed by atoms with Crippen LogP contribution in [0, 0.1) is 5.92 Å². The van der Waals surface area contributed by atoms with Gasteiger partial charge in [0.2, 0.25) is 0 Å². The monoisotopic (exact) mass is 481 g/mol. The van der Waals surface area contributed by atoms with Crippen LogP contribution in [-0.4, -0.2) is 5.78 Å². The number of para-hydroxylation sites is 2. The molecule has 1 unspecified atom stereocenters. The van der Waals surface area contributed by atoms with E-state index in [1.165, 1.54) is 0 Å². The van der Waals surface area contributed by atoms with E-state index in [0.717, 1.165) is 27.1 Å². The van der Waals surface area contributed by atoms with Crippen LogP contribution < -0.4 is 4.90 Å². The van der Waals surface area contributed by atoms with Gasteiger partial charge in [-0.25, -0.2) is 0 Å². The van der Waals surface area contributed by atoms with Gasteiger partial charge in [0.25, 0.3) is 0 Å². The van der Waals surface area contributed by atoms with E-state index in [0.29, 0.717) is 5.56 Å². The van der Waals surface area contributed by atoms with Crippen molar-refractivity contribution in [3.8, 4) is 0 Å². The Balaban J connectivity index is 1.62. The lowest BCUT2D eigenvalue weighted by atomic mass is 9.98. The van der Waals surface area contributed by atoms with Crippen LogP contribution in [0.5, 0.6) is 0 Å². The number of allylic oxidation sites excluding steroid dienone is 1. The molecule has 0 aliphatic carbocycles. The van der Waals surface area contributed by atoms with Crippen molar-refractivity contribution in [2.75, 3.05) is 4.90 Å². The van der Waals surface area contributed by atoms with Gasteiger partial charge in [0, 0.05) is 33.0 Å². The molecule has 0 aromatic heterocycles. The molecular formula is C29H24BrNO. The molecule has 0 amide bonds. The number of Topliss-reactive ketones (excluding diaryl/α,β-unsaturated/α-hetero) is 1. The number of rotatable bonds is 7. The summed E-state index contributed by atoms with van der Waals surface area (Å²) in [5.74, 6) is -0.128. The van der Waals surface area contributed by atoms with Crippen LogP contribution in [-0.2, 0) is 0 Å². The lowest BCUT2D eigenvalue weighted by Gasteiger charge is -2.25. The van der Waals surface area contributed by atoms with Crippen molar-refractivity contribution in [1.29, 1.82) is 0 Å². The van der Waals surface area contributed by atoms with Gasteiger partial charge >= 0.3 is 0 Å². The van der Waals surface area contributed by atoms with Crippen molar-refractivity contribution in [2.45, 2.75) is 6.92 Å². The van der Waals surface area contributed by atoms with Gasteiger partial charge in [0.05, 0.1) is 0 Å². The Morgan fingerprint density at radius 2 is 1.31 bits per heavy atom. The number of hydrogen-bond donors (Lipinski definition) is 0. The number of carbonyl (C=O) groups is 1. The zero-order valence-electron chi connectivity index (χ0n) is 17.9. The highest BCUT2D eigenvalue weighted by molar-refractivity contribution is 9.10. The summed E-state index contributed by atoms with van der Waals surface area (Å²) in [4.78, 5) is 15.1. The average molecular weight is 482 g/mol. The highest BCUT2D eigenvalue weighted by atomic mass is 79.9. The zero-order valence-corrected chi connectivity index (χ0v) is 19.4. The van der Waals surface area contributed by atoms with Crippen LogP contribution in [0.15, 0.2) is 120 Å². The second kappa shape index (κ2) is 10.3. The van der Waals surface area contributed by atoms with Gasteiger partial charge in [-0.1, -0.05) is 102 Å². The first kappa shape index (κ1) is 21.8. The van der Waals surface area contributed by atoms with E-state index in [-0.39, 0.29) is 11.7 Å². The van der Waals surface area contributed by atoms with E-state index in [1.54, 1.807) is 0 Å². The first-order valence-electron chi connectivity index (χ1n) is 10.6. The molecule has 32 heavy (non-hydrogen) atoms. The zero-order chi connectivity index (χ0) is 22.3. The summed E-state index contributed by atoms with van der Waals surface area (Å²) in [6, 6.07) is 36.6. The Kier molecular flexibility index (Phi) is 6.98. The molecule has 0 saturated carbocycles. The lowest BCUT2D eigenvalue weighted by Crippen LogP contribution is -2.10. The Morgan fingerprint density at radius 3 is 1.94 bits per heavy atom. The minimum Gasteiger partial charge on any atom is -0.310 e. The molecule has 0 spiro atoms. The van der Waals surface area contributed by atoms with E-state index in [4.69, 9.17) is 0 Å². The van der Waals surface area contributed by atoms with Crippen LogP contribution in [0.2, 0.25) is 0 Å². The summed E-state index contributed by atoms with van der Waals surface area (Å²) >= 11 is 3.48. The maximum atomic E-state index is 12.8. The van der Waals surface area contributed by atoms with E-state index < -0.39 is 0 Å². The average Bonchev–Trinajstić information content (AvgIpc) is 2.84. The predicted octanol–water partition coefficient (Wildman–Crippen LogP) is 8.45. The number of benzene rings is 4. The van der Waals surface area contributed by atoms with Crippen LogP contribution in [0.3, 0.4) is 0 Å². The summed E-state index contributed by atoms with van der Waals surface area (Å²) < 4.78 is 0.827. The molecule has 3 heteroatoms. The minimum absolute atomic E-state index is 0.0973. The third-order valence-electron chi connectivity index (χ3n) is 5.29. The molecule has 0 saturated heterocycles. The molecule has 158 valence electrons. The number of hydrogen-bond acceptors (Lipinski definition) is 2. The molecule has 4 aromatic rings. The number of carbonyl (C=O) groups excluding carboxylic acids is 1. The molecule has 4 rings (SSSR count). The van der Waals surface area contributed by atoms with Gasteiger partial charge in [-0.3, -0.25) is 4.79 Å². The molecule has 0 aliphatic rings. The molecule has 0 N–H and O–H groups in total. The van der Waals surface area contributed by atoms with Gasteiger partial charge in [-0.05, 0) is 48.0 Å². The second-order valence-electron chi connectivity index (χ2n) is 7.59. The fourth-order valence-corrected chi connectivity index (χ4v) is 4.10. The molecule has 4 aromatic carbocycles. The summed E-state index contributed by atoms with van der Waals surface area (Å²) in [6.07, 6.45) is 3.99. The van der Waals surface area contributed by atoms with E-state index in [9.17, 15) is 4.79 Å². The Morgan fingerprint density at radius 1 is 0.750 bits per heavy atom. The van der Waals surface area contributed by atoms with Crippen molar-refractivity contribution in [3.63, 3.8) is 0 Å². The quantitative estimate of drug-likeness (QED) is 0.246. The van der Waals surface area contributed by atoms with Gasteiger partial charge in [0.1, 0.15) is 0 Å². The Labute approximate surface area is 198 Å². The SMILES string of the molecule is CC(/C=C/c1cccc(N(c2ccccc2)c2ccccc2)c1)C(=O)c1ccccc1Br. The van der Waals surface area contributed by atoms with E-state index in [1.807, 2.05) is 85.8 Å². The summed E-state index contributed by atoms with van der Waals surface area (Å²) in [6.45, 7) is 1.93. The highest BCUT2D eigenvalue weighted by Gasteiger charge is 2.15. The van der Waals surface area contributed by atoms with Crippen molar-refractivity contribution in [1.82, 2.24) is 0 Å². The van der Waals surface area contributed by atoms with Gasteiger partial charge in [-0.15, -0.1) is 0 Å². The van der Waals surface area contributed by atoms with Crippen molar-refractivity contribution in [2.24, 2.45) is 5.92 Å². The standard InChI is InChI=1S/C29H24BrNO/c1-22(29(32)27-17-8-9-18-28(27)30)19-20-23-11-10-16-26(21-23)31(24-12-4-2-5-13-24)25-14-6-3-7-15-25/h2-22H,1H3/b20-19+. The summed E-state index contributed by atoms with van der Waals surface area (Å²) in [5.41, 5.74) is 5.01. The number of nitrogens with zero attached hydrogens (tertiary/aromatic N) is 1. The van der Waals surface area contributed by atoms with Crippen molar-refractivity contribution < 1.29 is 4.79 Å². The smallest absolute Gasteiger partial charge is 0.170 e. The third kappa shape index (κ3) is 5.06. The number of ketones is 1.